The lowest BCUT2D eigenvalue weighted by molar-refractivity contribution is -0.134. The second kappa shape index (κ2) is 6.64. The number of hydrogen-bond acceptors (Lipinski definition) is 2. The molecular formula is C20H28N2O. The molecule has 0 aromatic heterocycles. The van der Waals surface area contributed by atoms with Gasteiger partial charge in [-0.2, -0.15) is 0 Å². The van der Waals surface area contributed by atoms with E-state index in [0.29, 0.717) is 17.9 Å². The summed E-state index contributed by atoms with van der Waals surface area (Å²) in [5, 5.41) is 3.64. The zero-order chi connectivity index (χ0) is 15.6. The van der Waals surface area contributed by atoms with Crippen LogP contribution in [-0.2, 0) is 4.79 Å². The molecule has 0 bridgehead atoms. The lowest BCUT2D eigenvalue weighted by atomic mass is 9.85. The monoisotopic (exact) mass is 312 g/mol. The number of amides is 1. The predicted octanol–water partition coefficient (Wildman–Crippen LogP) is 3.31. The van der Waals surface area contributed by atoms with Crippen LogP contribution in [0.25, 0.3) is 0 Å². The smallest absolute Gasteiger partial charge is 0.239 e. The summed E-state index contributed by atoms with van der Waals surface area (Å²) in [5.41, 5.74) is 1.43. The zero-order valence-corrected chi connectivity index (χ0v) is 13.9. The minimum absolute atomic E-state index is 0.0939. The number of likely N-dealkylation sites (tertiary alicyclic amines) is 1. The molecule has 1 N–H and O–H groups in total. The fraction of sp³-hybridized carbons (Fsp3) is 0.650. The highest BCUT2D eigenvalue weighted by molar-refractivity contribution is 5.82. The van der Waals surface area contributed by atoms with Crippen molar-refractivity contribution < 1.29 is 4.79 Å². The van der Waals surface area contributed by atoms with E-state index < -0.39 is 0 Å². The van der Waals surface area contributed by atoms with Crippen LogP contribution in [0.4, 0.5) is 0 Å². The summed E-state index contributed by atoms with van der Waals surface area (Å²) in [5.74, 6) is 1.74. The normalized spacial score (nSPS) is 31.8. The van der Waals surface area contributed by atoms with E-state index in [4.69, 9.17) is 0 Å². The molecule has 4 rings (SSSR count). The van der Waals surface area contributed by atoms with Crippen LogP contribution in [0.15, 0.2) is 30.3 Å². The van der Waals surface area contributed by atoms with Gasteiger partial charge in [-0.25, -0.2) is 0 Å². The molecule has 0 spiro atoms. The van der Waals surface area contributed by atoms with Gasteiger partial charge in [-0.1, -0.05) is 43.2 Å². The number of piperidine rings is 1. The Morgan fingerprint density at radius 2 is 1.74 bits per heavy atom. The van der Waals surface area contributed by atoms with Crippen LogP contribution in [-0.4, -0.2) is 36.0 Å². The lowest BCUT2D eigenvalue weighted by Crippen LogP contribution is -2.48. The van der Waals surface area contributed by atoms with Crippen molar-refractivity contribution in [2.75, 3.05) is 13.1 Å². The van der Waals surface area contributed by atoms with E-state index in [2.05, 4.69) is 40.5 Å². The Kier molecular flexibility index (Phi) is 4.39. The van der Waals surface area contributed by atoms with Crippen LogP contribution < -0.4 is 5.32 Å². The molecule has 2 aliphatic heterocycles. The quantitative estimate of drug-likeness (QED) is 0.908. The van der Waals surface area contributed by atoms with Crippen LogP contribution in [0.2, 0.25) is 0 Å². The van der Waals surface area contributed by atoms with Gasteiger partial charge < -0.3 is 10.2 Å². The molecule has 124 valence electrons. The average molecular weight is 312 g/mol. The van der Waals surface area contributed by atoms with Gasteiger partial charge in [0.25, 0.3) is 0 Å². The predicted molar refractivity (Wildman–Crippen MR) is 92.3 cm³/mol. The molecule has 3 fully saturated rings. The van der Waals surface area contributed by atoms with Gasteiger partial charge in [0.1, 0.15) is 0 Å². The third kappa shape index (κ3) is 3.16. The first kappa shape index (κ1) is 15.2. The van der Waals surface area contributed by atoms with E-state index in [9.17, 15) is 4.79 Å². The molecule has 1 aromatic carbocycles. The van der Waals surface area contributed by atoms with Crippen molar-refractivity contribution in [1.82, 2.24) is 10.2 Å². The summed E-state index contributed by atoms with van der Waals surface area (Å²) < 4.78 is 0. The van der Waals surface area contributed by atoms with Gasteiger partial charge in [0, 0.05) is 19.1 Å². The Morgan fingerprint density at radius 1 is 1.00 bits per heavy atom. The van der Waals surface area contributed by atoms with Crippen molar-refractivity contribution in [3.63, 3.8) is 0 Å². The molecule has 2 heterocycles. The molecule has 3 heteroatoms. The standard InChI is InChI=1S/C20H28N2O/c23-20(19-14-17-8-4-5-9-18(17)21-19)22-12-10-16(11-13-22)15-6-2-1-3-7-15/h1-3,6-7,16-19,21H,4-5,8-14H2. The first-order chi connectivity index (χ1) is 11.3. The molecule has 1 amide bonds. The van der Waals surface area contributed by atoms with Crippen molar-refractivity contribution >= 4 is 5.91 Å². The molecule has 3 aliphatic rings. The topological polar surface area (TPSA) is 32.3 Å². The Morgan fingerprint density at radius 3 is 2.48 bits per heavy atom. The summed E-state index contributed by atoms with van der Waals surface area (Å²) in [6.45, 7) is 1.85. The number of benzene rings is 1. The lowest BCUT2D eigenvalue weighted by Gasteiger charge is -2.34. The van der Waals surface area contributed by atoms with Crippen molar-refractivity contribution in [3.05, 3.63) is 35.9 Å². The van der Waals surface area contributed by atoms with Crippen molar-refractivity contribution in [3.8, 4) is 0 Å². The summed E-state index contributed by atoms with van der Waals surface area (Å²) in [7, 11) is 0. The third-order valence-corrected chi connectivity index (χ3v) is 6.24. The van der Waals surface area contributed by atoms with Crippen LogP contribution in [0.5, 0.6) is 0 Å². The van der Waals surface area contributed by atoms with Gasteiger partial charge in [0.2, 0.25) is 5.91 Å². The molecule has 3 nitrogen and oxygen atoms in total. The van der Waals surface area contributed by atoms with Gasteiger partial charge in [-0.3, -0.25) is 4.79 Å². The highest BCUT2D eigenvalue weighted by Crippen LogP contribution is 2.34. The number of fused-ring (bicyclic) bond motifs is 1. The molecule has 2 saturated heterocycles. The molecule has 23 heavy (non-hydrogen) atoms. The van der Waals surface area contributed by atoms with E-state index in [1.54, 1.807) is 0 Å². The number of carbonyl (C=O) groups is 1. The molecular weight excluding hydrogens is 284 g/mol. The summed E-state index contributed by atoms with van der Waals surface area (Å²) in [6, 6.07) is 11.5. The number of hydrogen-bond donors (Lipinski definition) is 1. The Hall–Kier alpha value is -1.35. The summed E-state index contributed by atoms with van der Waals surface area (Å²) >= 11 is 0. The number of carbonyl (C=O) groups excluding carboxylic acids is 1. The van der Waals surface area contributed by atoms with Crippen molar-refractivity contribution in [2.45, 2.75) is 62.9 Å². The van der Waals surface area contributed by atoms with E-state index in [0.717, 1.165) is 38.3 Å². The Balaban J connectivity index is 1.33. The molecule has 3 atom stereocenters. The van der Waals surface area contributed by atoms with Crippen LogP contribution in [0.3, 0.4) is 0 Å². The maximum absolute atomic E-state index is 12.9. The maximum Gasteiger partial charge on any atom is 0.239 e. The van der Waals surface area contributed by atoms with Crippen LogP contribution >= 0.6 is 0 Å². The first-order valence-electron chi connectivity index (χ1n) is 9.41. The largest absolute Gasteiger partial charge is 0.341 e. The van der Waals surface area contributed by atoms with E-state index in [1.165, 1.54) is 31.2 Å². The van der Waals surface area contributed by atoms with Gasteiger partial charge in [-0.15, -0.1) is 0 Å². The van der Waals surface area contributed by atoms with Gasteiger partial charge in [0.05, 0.1) is 6.04 Å². The Bertz CT molecular complexity index is 522. The second-order valence-electron chi connectivity index (χ2n) is 7.62. The number of rotatable bonds is 2. The number of nitrogens with one attached hydrogen (secondary N) is 1. The SMILES string of the molecule is O=C(C1CC2CCCCC2N1)N1CCC(c2ccccc2)CC1. The van der Waals surface area contributed by atoms with E-state index in [1.807, 2.05) is 0 Å². The zero-order valence-electron chi connectivity index (χ0n) is 13.9. The van der Waals surface area contributed by atoms with Gasteiger partial charge in [-0.05, 0) is 49.5 Å². The highest BCUT2D eigenvalue weighted by Gasteiger charge is 2.40. The molecule has 1 aliphatic carbocycles. The summed E-state index contributed by atoms with van der Waals surface area (Å²) in [4.78, 5) is 15.0. The van der Waals surface area contributed by atoms with Gasteiger partial charge >= 0.3 is 0 Å². The first-order valence-corrected chi connectivity index (χ1v) is 9.41. The molecule has 0 radical (unpaired) electrons. The van der Waals surface area contributed by atoms with Crippen LogP contribution in [0.1, 0.15) is 56.4 Å². The average Bonchev–Trinajstić information content (AvgIpc) is 3.06. The second-order valence-corrected chi connectivity index (χ2v) is 7.62. The summed E-state index contributed by atoms with van der Waals surface area (Å²) in [6.07, 6.45) is 8.55. The van der Waals surface area contributed by atoms with Crippen molar-refractivity contribution in [1.29, 1.82) is 0 Å². The molecule has 1 aromatic rings. The Labute approximate surface area is 139 Å². The van der Waals surface area contributed by atoms with Gasteiger partial charge in [0.15, 0.2) is 0 Å². The number of nitrogens with zero attached hydrogens (tertiary/aromatic N) is 1. The minimum Gasteiger partial charge on any atom is -0.341 e. The van der Waals surface area contributed by atoms with E-state index >= 15 is 0 Å². The molecule has 1 saturated carbocycles. The fourth-order valence-corrected chi connectivity index (χ4v) is 4.89. The van der Waals surface area contributed by atoms with Crippen LogP contribution in [0, 0.1) is 5.92 Å². The maximum atomic E-state index is 12.9. The van der Waals surface area contributed by atoms with E-state index in [-0.39, 0.29) is 6.04 Å². The fourth-order valence-electron chi connectivity index (χ4n) is 4.89. The highest BCUT2D eigenvalue weighted by atomic mass is 16.2. The molecule has 3 unspecified atom stereocenters. The minimum atomic E-state index is 0.0939. The third-order valence-electron chi connectivity index (χ3n) is 6.24. The van der Waals surface area contributed by atoms with Crippen molar-refractivity contribution in [2.24, 2.45) is 5.92 Å².